The summed E-state index contributed by atoms with van der Waals surface area (Å²) in [6.45, 7) is 1.69. The fourth-order valence-corrected chi connectivity index (χ4v) is 3.28. The van der Waals surface area contributed by atoms with Crippen molar-refractivity contribution in [2.75, 3.05) is 26.8 Å². The summed E-state index contributed by atoms with van der Waals surface area (Å²) >= 11 is 0. The van der Waals surface area contributed by atoms with Crippen LogP contribution in [0.5, 0.6) is 5.75 Å². The van der Waals surface area contributed by atoms with Crippen molar-refractivity contribution in [2.24, 2.45) is 0 Å². The van der Waals surface area contributed by atoms with E-state index in [0.29, 0.717) is 25.3 Å². The van der Waals surface area contributed by atoms with Gasteiger partial charge in [0.15, 0.2) is 0 Å². The summed E-state index contributed by atoms with van der Waals surface area (Å²) in [5.74, 6) is 0.758. The van der Waals surface area contributed by atoms with Crippen LogP contribution in [0.4, 0.5) is 0 Å². The zero-order chi connectivity index (χ0) is 17.2. The Morgan fingerprint density at radius 3 is 2.88 bits per heavy atom. The molecule has 0 spiro atoms. The van der Waals surface area contributed by atoms with E-state index in [1.165, 1.54) is 0 Å². The predicted molar refractivity (Wildman–Crippen MR) is 95.9 cm³/mol. The molecule has 1 aromatic heterocycles. The van der Waals surface area contributed by atoms with Gasteiger partial charge in [-0.3, -0.25) is 4.79 Å². The summed E-state index contributed by atoms with van der Waals surface area (Å²) in [7, 11) is 1.63. The molecular weight excluding hydrogens is 316 g/mol. The van der Waals surface area contributed by atoms with Crippen LogP contribution in [-0.4, -0.2) is 42.6 Å². The second kappa shape index (κ2) is 6.61. The van der Waals surface area contributed by atoms with E-state index < -0.39 is 0 Å². The Hall–Kier alpha value is -2.79. The van der Waals surface area contributed by atoms with E-state index in [1.807, 2.05) is 53.4 Å². The minimum absolute atomic E-state index is 0.0173. The van der Waals surface area contributed by atoms with Gasteiger partial charge in [0, 0.05) is 23.6 Å². The zero-order valence-electron chi connectivity index (χ0n) is 14.1. The van der Waals surface area contributed by atoms with Crippen LogP contribution in [0.15, 0.2) is 54.7 Å². The number of H-pyrrole nitrogens is 1. The van der Waals surface area contributed by atoms with E-state index in [2.05, 4.69) is 4.98 Å². The number of rotatable bonds is 3. The molecule has 1 aliphatic rings. The number of aromatic amines is 1. The number of ether oxygens (including phenoxy) is 2. The molecule has 1 atom stereocenters. The molecule has 3 aromatic rings. The van der Waals surface area contributed by atoms with Crippen molar-refractivity contribution >= 4 is 16.8 Å². The number of carbonyl (C=O) groups excluding carboxylic acids is 1. The van der Waals surface area contributed by atoms with Gasteiger partial charge in [-0.05, 0) is 23.8 Å². The van der Waals surface area contributed by atoms with Crippen molar-refractivity contribution in [1.82, 2.24) is 9.88 Å². The Kier molecular flexibility index (Phi) is 4.15. The van der Waals surface area contributed by atoms with Crippen molar-refractivity contribution in [1.29, 1.82) is 0 Å². The van der Waals surface area contributed by atoms with Gasteiger partial charge in [-0.15, -0.1) is 0 Å². The Labute approximate surface area is 146 Å². The average Bonchev–Trinajstić information content (AvgIpc) is 3.11. The average molecular weight is 336 g/mol. The molecule has 0 radical (unpaired) electrons. The quantitative estimate of drug-likeness (QED) is 0.798. The Morgan fingerprint density at radius 1 is 1.24 bits per heavy atom. The number of aromatic nitrogens is 1. The maximum atomic E-state index is 13.1. The number of hydrogen-bond acceptors (Lipinski definition) is 3. The fraction of sp³-hybridized carbons (Fsp3) is 0.250. The summed E-state index contributed by atoms with van der Waals surface area (Å²) in [5, 5.41) is 0.882. The molecule has 1 N–H and O–H groups in total. The molecule has 0 bridgehead atoms. The van der Waals surface area contributed by atoms with Gasteiger partial charge in [0.05, 0.1) is 25.8 Å². The smallest absolute Gasteiger partial charge is 0.256 e. The van der Waals surface area contributed by atoms with E-state index in [1.54, 1.807) is 13.3 Å². The van der Waals surface area contributed by atoms with Gasteiger partial charge in [0.2, 0.25) is 0 Å². The fourth-order valence-electron chi connectivity index (χ4n) is 3.28. The molecule has 5 nitrogen and oxygen atoms in total. The van der Waals surface area contributed by atoms with Gasteiger partial charge in [-0.25, -0.2) is 0 Å². The van der Waals surface area contributed by atoms with E-state index in [4.69, 9.17) is 9.47 Å². The van der Waals surface area contributed by atoms with Crippen molar-refractivity contribution in [2.45, 2.75) is 6.10 Å². The molecule has 2 aromatic carbocycles. The Bertz CT molecular complexity index is 888. The first-order valence-electron chi connectivity index (χ1n) is 8.37. The maximum Gasteiger partial charge on any atom is 0.256 e. The summed E-state index contributed by atoms with van der Waals surface area (Å²) < 4.78 is 11.2. The first-order valence-corrected chi connectivity index (χ1v) is 8.37. The van der Waals surface area contributed by atoms with Gasteiger partial charge in [0.25, 0.3) is 5.91 Å². The maximum absolute atomic E-state index is 13.1. The van der Waals surface area contributed by atoms with Crippen molar-refractivity contribution in [3.05, 3.63) is 65.9 Å². The standard InChI is InChI=1S/C20H20N2O3/c1-24-15-7-8-18-16(11-15)17(12-21-18)20(23)22-9-10-25-19(13-22)14-5-3-2-4-6-14/h2-8,11-12,19,21H,9-10,13H2,1H3/t19-/m1/s1. The van der Waals surface area contributed by atoms with Crippen molar-refractivity contribution in [3.63, 3.8) is 0 Å². The molecule has 2 heterocycles. The number of fused-ring (bicyclic) bond motifs is 1. The van der Waals surface area contributed by atoms with E-state index >= 15 is 0 Å². The molecule has 4 rings (SSSR count). The molecule has 1 fully saturated rings. The number of nitrogens with one attached hydrogen (secondary N) is 1. The first kappa shape index (κ1) is 15.7. The first-order chi connectivity index (χ1) is 12.3. The van der Waals surface area contributed by atoms with Crippen LogP contribution in [0, 0.1) is 0 Å². The number of hydrogen-bond donors (Lipinski definition) is 1. The van der Waals surface area contributed by atoms with Gasteiger partial charge in [-0.1, -0.05) is 30.3 Å². The normalized spacial score (nSPS) is 17.6. The molecule has 0 aliphatic carbocycles. The monoisotopic (exact) mass is 336 g/mol. The van der Waals surface area contributed by atoms with Gasteiger partial charge in [-0.2, -0.15) is 0 Å². The molecule has 25 heavy (non-hydrogen) atoms. The molecule has 1 aliphatic heterocycles. The number of morpholine rings is 1. The van der Waals surface area contributed by atoms with Crippen LogP contribution in [0.25, 0.3) is 10.9 Å². The molecule has 128 valence electrons. The van der Waals surface area contributed by atoms with Gasteiger partial charge >= 0.3 is 0 Å². The number of methoxy groups -OCH3 is 1. The second-order valence-corrected chi connectivity index (χ2v) is 6.14. The van der Waals surface area contributed by atoms with Gasteiger partial charge < -0.3 is 19.4 Å². The molecule has 0 saturated carbocycles. The van der Waals surface area contributed by atoms with Crippen LogP contribution in [0.1, 0.15) is 22.0 Å². The zero-order valence-corrected chi connectivity index (χ0v) is 14.1. The molecule has 1 amide bonds. The topological polar surface area (TPSA) is 54.6 Å². The summed E-state index contributed by atoms with van der Waals surface area (Å²) in [5.41, 5.74) is 2.69. The third-order valence-electron chi connectivity index (χ3n) is 4.64. The number of carbonyl (C=O) groups is 1. The lowest BCUT2D eigenvalue weighted by molar-refractivity contribution is -0.0227. The second-order valence-electron chi connectivity index (χ2n) is 6.14. The lowest BCUT2D eigenvalue weighted by atomic mass is 10.1. The molecule has 0 unspecified atom stereocenters. The Morgan fingerprint density at radius 2 is 2.08 bits per heavy atom. The van der Waals surface area contributed by atoms with Crippen molar-refractivity contribution in [3.8, 4) is 5.75 Å². The lowest BCUT2D eigenvalue weighted by Gasteiger charge is -2.33. The summed E-state index contributed by atoms with van der Waals surface area (Å²) in [6.07, 6.45) is 1.69. The molecular formula is C20H20N2O3. The minimum Gasteiger partial charge on any atom is -0.497 e. The third-order valence-corrected chi connectivity index (χ3v) is 4.64. The van der Waals surface area contributed by atoms with Crippen molar-refractivity contribution < 1.29 is 14.3 Å². The highest BCUT2D eigenvalue weighted by Crippen LogP contribution is 2.27. The van der Waals surface area contributed by atoms with E-state index in [0.717, 1.165) is 22.2 Å². The van der Waals surface area contributed by atoms with E-state index in [9.17, 15) is 4.79 Å². The van der Waals surface area contributed by atoms with E-state index in [-0.39, 0.29) is 12.0 Å². The lowest BCUT2D eigenvalue weighted by Crippen LogP contribution is -2.42. The highest BCUT2D eigenvalue weighted by Gasteiger charge is 2.27. The van der Waals surface area contributed by atoms with Crippen LogP contribution in [-0.2, 0) is 4.74 Å². The van der Waals surface area contributed by atoms with Crippen LogP contribution in [0.2, 0.25) is 0 Å². The predicted octanol–water partition coefficient (Wildman–Crippen LogP) is 3.39. The number of benzene rings is 2. The highest BCUT2D eigenvalue weighted by molar-refractivity contribution is 6.07. The van der Waals surface area contributed by atoms with Crippen LogP contribution >= 0.6 is 0 Å². The SMILES string of the molecule is COc1ccc2[nH]cc(C(=O)N3CCO[C@@H](c4ccccc4)C3)c2c1. The Balaban J connectivity index is 1.60. The number of amides is 1. The molecule has 5 heteroatoms. The molecule has 1 saturated heterocycles. The minimum atomic E-state index is -0.0846. The highest BCUT2D eigenvalue weighted by atomic mass is 16.5. The van der Waals surface area contributed by atoms with Crippen LogP contribution < -0.4 is 4.74 Å². The largest absolute Gasteiger partial charge is 0.497 e. The third kappa shape index (κ3) is 2.98. The summed E-state index contributed by atoms with van der Waals surface area (Å²) in [4.78, 5) is 18.1. The number of nitrogens with zero attached hydrogens (tertiary/aromatic N) is 1. The van der Waals surface area contributed by atoms with Crippen LogP contribution in [0.3, 0.4) is 0 Å². The summed E-state index contributed by atoms with van der Waals surface area (Å²) in [6, 6.07) is 15.7. The van der Waals surface area contributed by atoms with Gasteiger partial charge in [0.1, 0.15) is 11.9 Å².